The first-order valence-electron chi connectivity index (χ1n) is 9.96. The lowest BCUT2D eigenvalue weighted by atomic mass is 9.92. The van der Waals surface area contributed by atoms with Gasteiger partial charge < -0.3 is 9.74 Å². The molecule has 0 radical (unpaired) electrons. The predicted molar refractivity (Wildman–Crippen MR) is 115 cm³/mol. The Kier molecular flexibility index (Phi) is 7.99. The van der Waals surface area contributed by atoms with Crippen LogP contribution in [0.4, 0.5) is 0 Å². The molecule has 0 amide bonds. The van der Waals surface area contributed by atoms with Crippen molar-refractivity contribution in [3.63, 3.8) is 0 Å². The van der Waals surface area contributed by atoms with Gasteiger partial charge in [-0.2, -0.15) is 0 Å². The fourth-order valence-electron chi connectivity index (χ4n) is 4.12. The molecular weight excluding hydrogens is 383 g/mol. The third-order valence-corrected chi connectivity index (χ3v) is 11.4. The van der Waals surface area contributed by atoms with Crippen LogP contribution in [-0.2, 0) is 4.43 Å². The molecule has 1 saturated carbocycles. The van der Waals surface area contributed by atoms with Crippen LogP contribution in [-0.4, -0.2) is 25.9 Å². The molecule has 1 aromatic rings. The number of aromatic nitrogens is 1. The second-order valence-corrected chi connectivity index (χ2v) is 13.9. The van der Waals surface area contributed by atoms with Crippen molar-refractivity contribution in [3.8, 4) is 0 Å². The Morgan fingerprint density at radius 1 is 1.19 bits per heavy atom. The van der Waals surface area contributed by atoms with E-state index in [1.165, 1.54) is 19.3 Å². The maximum atomic E-state index is 6.82. The van der Waals surface area contributed by atoms with Crippen molar-refractivity contribution < 1.29 is 4.43 Å². The lowest BCUT2D eigenvalue weighted by Gasteiger charge is -2.35. The number of hydrogen-bond acceptors (Lipinski definition) is 3. The summed E-state index contributed by atoms with van der Waals surface area (Å²) in [7, 11) is -1.79. The molecule has 0 bridgehead atoms. The van der Waals surface area contributed by atoms with Gasteiger partial charge >= 0.3 is 0 Å². The molecule has 148 valence electrons. The van der Waals surface area contributed by atoms with Crippen molar-refractivity contribution >= 4 is 31.5 Å². The van der Waals surface area contributed by atoms with E-state index < -0.39 is 8.32 Å². The number of nitrogens with zero attached hydrogens (tertiary/aromatic N) is 1. The Labute approximate surface area is 170 Å². The van der Waals surface area contributed by atoms with Crippen LogP contribution in [0.2, 0.25) is 28.2 Å². The van der Waals surface area contributed by atoms with Crippen molar-refractivity contribution in [2.75, 3.05) is 6.54 Å². The fourth-order valence-corrected chi connectivity index (χ4v) is 7.53. The molecular formula is C20H34Cl2N2OSi. The summed E-state index contributed by atoms with van der Waals surface area (Å²) < 4.78 is 6.82. The van der Waals surface area contributed by atoms with Crippen molar-refractivity contribution in [3.05, 3.63) is 28.0 Å². The zero-order chi connectivity index (χ0) is 19.4. The number of hydrogen-bond donors (Lipinski definition) is 1. The van der Waals surface area contributed by atoms with E-state index in [1.54, 1.807) is 12.4 Å². The van der Waals surface area contributed by atoms with Gasteiger partial charge in [-0.15, -0.1) is 0 Å². The summed E-state index contributed by atoms with van der Waals surface area (Å²) in [5.41, 5.74) is 1.31. The van der Waals surface area contributed by atoms with Gasteiger partial charge in [0.15, 0.2) is 8.32 Å². The van der Waals surface area contributed by atoms with Crippen LogP contribution in [0, 0.1) is 5.41 Å². The highest BCUT2D eigenvalue weighted by Gasteiger charge is 2.35. The Balaban J connectivity index is 2.21. The van der Waals surface area contributed by atoms with Crippen LogP contribution in [0.1, 0.15) is 65.5 Å². The highest BCUT2D eigenvalue weighted by molar-refractivity contribution is 6.73. The van der Waals surface area contributed by atoms with Gasteiger partial charge in [0.1, 0.15) is 0 Å². The van der Waals surface area contributed by atoms with Gasteiger partial charge in [-0.1, -0.05) is 57.8 Å². The van der Waals surface area contributed by atoms with Crippen LogP contribution in [0.5, 0.6) is 0 Å². The highest BCUT2D eigenvalue weighted by Crippen LogP contribution is 2.39. The van der Waals surface area contributed by atoms with Gasteiger partial charge in [0.2, 0.25) is 0 Å². The van der Waals surface area contributed by atoms with E-state index >= 15 is 0 Å². The van der Waals surface area contributed by atoms with Gasteiger partial charge in [0, 0.05) is 30.5 Å². The van der Waals surface area contributed by atoms with Gasteiger partial charge in [0.05, 0.1) is 16.1 Å². The van der Waals surface area contributed by atoms with Gasteiger partial charge in [-0.3, -0.25) is 4.98 Å². The Morgan fingerprint density at radius 3 is 2.23 bits per heavy atom. The summed E-state index contributed by atoms with van der Waals surface area (Å²) in [5, 5.41) is 4.94. The fraction of sp³-hybridized carbons (Fsp3) is 0.750. The summed E-state index contributed by atoms with van der Waals surface area (Å²) in [6.45, 7) is 12.2. The van der Waals surface area contributed by atoms with Gasteiger partial charge in [0.25, 0.3) is 0 Å². The minimum absolute atomic E-state index is 0.117. The number of pyridine rings is 1. The lowest BCUT2D eigenvalue weighted by molar-refractivity contribution is 0.180. The highest BCUT2D eigenvalue weighted by atomic mass is 35.5. The van der Waals surface area contributed by atoms with E-state index in [-0.39, 0.29) is 6.10 Å². The summed E-state index contributed by atoms with van der Waals surface area (Å²) in [4.78, 5) is 4.11. The summed E-state index contributed by atoms with van der Waals surface area (Å²) in [5.74, 6) is 0. The molecule has 2 unspecified atom stereocenters. The summed E-state index contributed by atoms with van der Waals surface area (Å²) in [6, 6.07) is 3.85. The Morgan fingerprint density at radius 2 is 1.77 bits per heavy atom. The average molecular weight is 417 g/mol. The molecule has 1 aliphatic carbocycles. The maximum absolute atomic E-state index is 6.82. The van der Waals surface area contributed by atoms with Crippen LogP contribution in [0.25, 0.3) is 0 Å². The molecule has 1 heterocycles. The molecule has 6 heteroatoms. The monoisotopic (exact) mass is 416 g/mol. The first-order chi connectivity index (χ1) is 12.3. The predicted octanol–water partition coefficient (Wildman–Crippen LogP) is 6.62. The lowest BCUT2D eigenvalue weighted by Crippen LogP contribution is -2.41. The van der Waals surface area contributed by atoms with Crippen molar-refractivity contribution in [1.82, 2.24) is 10.3 Å². The quantitative estimate of drug-likeness (QED) is 0.459. The second kappa shape index (κ2) is 9.38. The van der Waals surface area contributed by atoms with E-state index in [4.69, 9.17) is 27.6 Å². The minimum Gasteiger partial charge on any atom is -0.409 e. The molecule has 0 saturated heterocycles. The normalized spacial score (nSPS) is 21.1. The van der Waals surface area contributed by atoms with Gasteiger partial charge in [-0.05, 0) is 42.8 Å². The van der Waals surface area contributed by atoms with E-state index in [2.05, 4.69) is 44.9 Å². The van der Waals surface area contributed by atoms with Crippen LogP contribution in [0.15, 0.2) is 12.4 Å². The SMILES string of the molecule is CC[Si](CC)(CC)OC(CNC1CCC(C)(C)C1)c1c(Cl)cncc1Cl. The molecule has 1 N–H and O–H groups in total. The minimum atomic E-state index is -1.79. The topological polar surface area (TPSA) is 34.1 Å². The average Bonchev–Trinajstić information content (AvgIpc) is 2.96. The van der Waals surface area contributed by atoms with E-state index in [1.807, 2.05) is 0 Å². The van der Waals surface area contributed by atoms with Crippen molar-refractivity contribution in [2.24, 2.45) is 5.41 Å². The molecule has 26 heavy (non-hydrogen) atoms. The molecule has 0 spiro atoms. The molecule has 3 nitrogen and oxygen atoms in total. The molecule has 2 atom stereocenters. The van der Waals surface area contributed by atoms with Crippen molar-refractivity contribution in [2.45, 2.75) is 84.2 Å². The zero-order valence-electron chi connectivity index (χ0n) is 16.9. The number of halogens is 2. The molecule has 1 fully saturated rings. The Bertz CT molecular complexity index is 565. The number of nitrogens with one attached hydrogen (secondary N) is 1. The van der Waals surface area contributed by atoms with Crippen LogP contribution < -0.4 is 5.32 Å². The summed E-state index contributed by atoms with van der Waals surface area (Å²) >= 11 is 13.0. The standard InChI is InChI=1S/C20H34Cl2N2OSi/c1-6-26(7-2,8-3)25-18(19-16(21)12-23-13-17(19)22)14-24-15-9-10-20(4,5)11-15/h12-13,15,18,24H,6-11,14H2,1-5H3. The maximum Gasteiger partial charge on any atom is 0.192 e. The van der Waals surface area contributed by atoms with Crippen LogP contribution >= 0.6 is 23.2 Å². The molecule has 1 aromatic heterocycles. The van der Waals surface area contributed by atoms with E-state index in [0.717, 1.165) is 30.2 Å². The zero-order valence-corrected chi connectivity index (χ0v) is 19.4. The molecule has 1 aliphatic rings. The molecule has 0 aliphatic heterocycles. The van der Waals surface area contributed by atoms with Crippen molar-refractivity contribution in [1.29, 1.82) is 0 Å². The van der Waals surface area contributed by atoms with E-state index in [0.29, 0.717) is 21.5 Å². The van der Waals surface area contributed by atoms with Crippen LogP contribution in [0.3, 0.4) is 0 Å². The second-order valence-electron chi connectivity index (χ2n) is 8.38. The first kappa shape index (κ1) is 22.2. The smallest absolute Gasteiger partial charge is 0.192 e. The third-order valence-electron chi connectivity index (χ3n) is 6.10. The molecule has 2 rings (SSSR count). The number of rotatable bonds is 9. The van der Waals surface area contributed by atoms with E-state index in [9.17, 15) is 0 Å². The molecule has 0 aromatic carbocycles. The van der Waals surface area contributed by atoms with Gasteiger partial charge in [-0.25, -0.2) is 0 Å². The Hall–Kier alpha value is -0.133. The summed E-state index contributed by atoms with van der Waals surface area (Å²) in [6.07, 6.45) is 6.92. The third kappa shape index (κ3) is 5.45. The first-order valence-corrected chi connectivity index (χ1v) is 13.2. The largest absolute Gasteiger partial charge is 0.409 e.